The highest BCUT2D eigenvalue weighted by Gasteiger charge is 2.41. The Morgan fingerprint density at radius 3 is 2.42 bits per heavy atom. The van der Waals surface area contributed by atoms with Crippen LogP contribution >= 0.6 is 12.2 Å². The third-order valence-electron chi connectivity index (χ3n) is 4.13. The van der Waals surface area contributed by atoms with Gasteiger partial charge >= 0.3 is 12.1 Å². The number of imidazole rings is 1. The van der Waals surface area contributed by atoms with Gasteiger partial charge in [-0.3, -0.25) is 9.69 Å². The van der Waals surface area contributed by atoms with Gasteiger partial charge in [-0.2, -0.15) is 13.2 Å². The zero-order chi connectivity index (χ0) is 17.5. The molecule has 1 aromatic heterocycles. The summed E-state index contributed by atoms with van der Waals surface area (Å²) in [6.45, 7) is 1.89. The second-order valence-corrected chi connectivity index (χ2v) is 6.17. The maximum absolute atomic E-state index is 13.5. The Labute approximate surface area is 140 Å². The third-order valence-corrected chi connectivity index (χ3v) is 4.53. The highest BCUT2D eigenvalue weighted by Crippen LogP contribution is 2.25. The van der Waals surface area contributed by atoms with Gasteiger partial charge in [-0.25, -0.2) is 8.96 Å². The molecule has 0 amide bonds. The molecule has 4 nitrogen and oxygen atoms in total. The average molecular weight is 361 g/mol. The average Bonchev–Trinajstić information content (AvgIpc) is 2.78. The Kier molecular flexibility index (Phi) is 4.48. The minimum atomic E-state index is -5.09. The minimum absolute atomic E-state index is 0.167. The van der Waals surface area contributed by atoms with E-state index < -0.39 is 17.9 Å². The van der Waals surface area contributed by atoms with Gasteiger partial charge in [0.2, 0.25) is 0 Å². The molecule has 1 fully saturated rings. The van der Waals surface area contributed by atoms with E-state index in [0.29, 0.717) is 10.1 Å². The molecule has 0 aliphatic carbocycles. The molecular weight excluding hydrogens is 346 g/mol. The van der Waals surface area contributed by atoms with Crippen LogP contribution in [0.3, 0.4) is 0 Å². The number of benzene rings is 1. The monoisotopic (exact) mass is 361 g/mol. The fraction of sp³-hybridized carbons (Fsp3) is 0.467. The maximum atomic E-state index is 13.5. The van der Waals surface area contributed by atoms with Crippen LogP contribution < -0.4 is 0 Å². The molecule has 0 radical (unpaired) electrons. The summed E-state index contributed by atoms with van der Waals surface area (Å²) in [6.07, 6.45) is -1.97. The summed E-state index contributed by atoms with van der Waals surface area (Å²) in [5.74, 6) is -2.84. The summed E-state index contributed by atoms with van der Waals surface area (Å²) < 4.78 is 53.7. The van der Waals surface area contributed by atoms with Gasteiger partial charge in [0.1, 0.15) is 5.82 Å². The minimum Gasteiger partial charge on any atom is -0.303 e. The highest BCUT2D eigenvalue weighted by molar-refractivity contribution is 7.71. The van der Waals surface area contributed by atoms with Crippen LogP contribution in [-0.2, 0) is 6.67 Å². The first-order valence-electron chi connectivity index (χ1n) is 7.54. The van der Waals surface area contributed by atoms with Crippen LogP contribution in [0.25, 0.3) is 11.0 Å². The molecule has 2 heterocycles. The van der Waals surface area contributed by atoms with Crippen LogP contribution in [0.4, 0.5) is 17.6 Å². The molecule has 0 N–H and O–H groups in total. The fourth-order valence-corrected chi connectivity index (χ4v) is 3.33. The zero-order valence-electron chi connectivity index (χ0n) is 12.6. The van der Waals surface area contributed by atoms with E-state index in [1.165, 1.54) is 10.6 Å². The molecule has 0 spiro atoms. The number of carbonyl (C=O) groups excluding carboxylic acids is 1. The van der Waals surface area contributed by atoms with E-state index in [4.69, 9.17) is 12.2 Å². The Morgan fingerprint density at radius 2 is 1.79 bits per heavy atom. The number of alkyl halides is 3. The summed E-state index contributed by atoms with van der Waals surface area (Å²) in [6, 6.07) is 3.40. The molecule has 1 aliphatic heterocycles. The summed E-state index contributed by atoms with van der Waals surface area (Å²) >= 11 is 5.11. The summed E-state index contributed by atoms with van der Waals surface area (Å²) in [5.41, 5.74) is 0.143. The van der Waals surface area contributed by atoms with Crippen molar-refractivity contribution >= 4 is 29.2 Å². The molecule has 0 saturated carbocycles. The zero-order valence-corrected chi connectivity index (χ0v) is 13.5. The number of aromatic nitrogens is 2. The van der Waals surface area contributed by atoms with Crippen LogP contribution in [0.2, 0.25) is 0 Å². The number of hydrogen-bond donors (Lipinski definition) is 0. The van der Waals surface area contributed by atoms with Crippen molar-refractivity contribution in [3.8, 4) is 0 Å². The van der Waals surface area contributed by atoms with Crippen molar-refractivity contribution in [2.24, 2.45) is 0 Å². The molecule has 0 atom stereocenters. The van der Waals surface area contributed by atoms with Gasteiger partial charge in [-0.15, -0.1) is 0 Å². The standard InChI is InChI=1S/C15H15F4N3OS/c16-10-4-5-11-12(8-10)22(13(23)15(17,18)19)14(24)21(11)9-20-6-2-1-3-7-20/h4-5,8H,1-3,6-7,9H2. The van der Waals surface area contributed by atoms with E-state index in [1.54, 1.807) is 0 Å². The summed E-state index contributed by atoms with van der Waals surface area (Å²) in [5, 5.41) is 0. The molecule has 130 valence electrons. The van der Waals surface area contributed by atoms with Gasteiger partial charge in [0.25, 0.3) is 0 Å². The molecule has 24 heavy (non-hydrogen) atoms. The van der Waals surface area contributed by atoms with Crippen LogP contribution in [0.1, 0.15) is 24.1 Å². The predicted octanol–water partition coefficient (Wildman–Crippen LogP) is 3.96. The summed E-state index contributed by atoms with van der Waals surface area (Å²) in [4.78, 5) is 13.8. The molecule has 9 heteroatoms. The lowest BCUT2D eigenvalue weighted by Gasteiger charge is -2.26. The second kappa shape index (κ2) is 6.29. The van der Waals surface area contributed by atoms with Crippen molar-refractivity contribution in [3.05, 3.63) is 28.8 Å². The van der Waals surface area contributed by atoms with E-state index in [-0.39, 0.29) is 17.0 Å². The first-order chi connectivity index (χ1) is 11.3. The number of likely N-dealkylation sites (tertiary alicyclic amines) is 1. The lowest BCUT2D eigenvalue weighted by atomic mass is 10.1. The molecule has 0 unspecified atom stereocenters. The number of nitrogens with zero attached hydrogens (tertiary/aromatic N) is 3. The van der Waals surface area contributed by atoms with Crippen LogP contribution in [-0.4, -0.2) is 39.2 Å². The van der Waals surface area contributed by atoms with Crippen LogP contribution in [0.15, 0.2) is 18.2 Å². The largest absolute Gasteiger partial charge is 0.472 e. The Balaban J connectivity index is 2.14. The van der Waals surface area contributed by atoms with Gasteiger partial charge < -0.3 is 4.57 Å². The first kappa shape index (κ1) is 17.1. The van der Waals surface area contributed by atoms with E-state index in [1.807, 2.05) is 0 Å². The Bertz CT molecular complexity index is 834. The molecule has 1 aliphatic rings. The van der Waals surface area contributed by atoms with E-state index >= 15 is 0 Å². The van der Waals surface area contributed by atoms with Gasteiger partial charge in [-0.05, 0) is 50.3 Å². The molecular formula is C15H15F4N3OS. The number of hydrogen-bond acceptors (Lipinski definition) is 3. The van der Waals surface area contributed by atoms with Gasteiger partial charge in [-0.1, -0.05) is 6.42 Å². The predicted molar refractivity (Wildman–Crippen MR) is 82.8 cm³/mol. The smallest absolute Gasteiger partial charge is 0.303 e. The van der Waals surface area contributed by atoms with Gasteiger partial charge in [0.15, 0.2) is 4.77 Å². The van der Waals surface area contributed by atoms with E-state index in [0.717, 1.165) is 44.5 Å². The third kappa shape index (κ3) is 3.10. The molecule has 3 rings (SSSR count). The maximum Gasteiger partial charge on any atom is 0.472 e. The highest BCUT2D eigenvalue weighted by atomic mass is 32.1. The van der Waals surface area contributed by atoms with Gasteiger partial charge in [0.05, 0.1) is 17.7 Å². The van der Waals surface area contributed by atoms with E-state index in [2.05, 4.69) is 4.90 Å². The Morgan fingerprint density at radius 1 is 1.12 bits per heavy atom. The van der Waals surface area contributed by atoms with Gasteiger partial charge in [0, 0.05) is 6.07 Å². The number of piperidine rings is 1. The fourth-order valence-electron chi connectivity index (χ4n) is 2.99. The van der Waals surface area contributed by atoms with Crippen molar-refractivity contribution in [1.82, 2.24) is 14.0 Å². The summed E-state index contributed by atoms with van der Waals surface area (Å²) in [7, 11) is 0. The molecule has 1 saturated heterocycles. The van der Waals surface area contributed by atoms with Crippen molar-refractivity contribution in [2.45, 2.75) is 32.1 Å². The Hall–Kier alpha value is -1.74. The van der Waals surface area contributed by atoms with Crippen LogP contribution in [0, 0.1) is 10.6 Å². The first-order valence-corrected chi connectivity index (χ1v) is 7.94. The van der Waals surface area contributed by atoms with Crippen molar-refractivity contribution in [2.75, 3.05) is 13.1 Å². The second-order valence-electron chi connectivity index (χ2n) is 5.80. The quantitative estimate of drug-likeness (QED) is 0.599. The van der Waals surface area contributed by atoms with E-state index in [9.17, 15) is 22.4 Å². The number of fused-ring (bicyclic) bond motifs is 1. The van der Waals surface area contributed by atoms with Crippen molar-refractivity contribution in [1.29, 1.82) is 0 Å². The topological polar surface area (TPSA) is 30.2 Å². The number of carbonyl (C=O) groups is 1. The lowest BCUT2D eigenvalue weighted by Crippen LogP contribution is -2.32. The SMILES string of the molecule is O=C(n1c(=S)n(CN2CCCCC2)c2ccc(F)cc21)C(F)(F)F. The molecule has 1 aromatic carbocycles. The lowest BCUT2D eigenvalue weighted by molar-refractivity contribution is -0.0944. The van der Waals surface area contributed by atoms with Crippen molar-refractivity contribution < 1.29 is 22.4 Å². The number of halogens is 4. The van der Waals surface area contributed by atoms with Crippen LogP contribution in [0.5, 0.6) is 0 Å². The van der Waals surface area contributed by atoms with Crippen molar-refractivity contribution in [3.63, 3.8) is 0 Å². The molecule has 0 bridgehead atoms. The molecule has 2 aromatic rings. The number of rotatable bonds is 2. The normalized spacial score (nSPS) is 16.7.